The highest BCUT2D eigenvalue weighted by atomic mass is 32.2. The monoisotopic (exact) mass is 335 g/mol. The first-order valence-electron chi connectivity index (χ1n) is 7.85. The van der Waals surface area contributed by atoms with Crippen molar-refractivity contribution in [2.75, 3.05) is 6.61 Å². The molecule has 6 nitrogen and oxygen atoms in total. The molecule has 0 unspecified atom stereocenters. The number of fused-ring (bicyclic) bond motifs is 1. The van der Waals surface area contributed by atoms with Crippen molar-refractivity contribution < 1.29 is 9.47 Å². The van der Waals surface area contributed by atoms with Crippen molar-refractivity contribution in [1.29, 1.82) is 0 Å². The molecule has 23 heavy (non-hydrogen) atoms. The Balaban J connectivity index is 1.84. The van der Waals surface area contributed by atoms with E-state index in [1.165, 1.54) is 17.3 Å². The van der Waals surface area contributed by atoms with Crippen LogP contribution in [0.15, 0.2) is 22.1 Å². The van der Waals surface area contributed by atoms with E-state index < -0.39 is 0 Å². The van der Waals surface area contributed by atoms with Gasteiger partial charge in [-0.1, -0.05) is 11.8 Å². The predicted molar refractivity (Wildman–Crippen MR) is 89.5 cm³/mol. The molecular formula is C16H21N3O3S. The fourth-order valence-corrected chi connectivity index (χ4v) is 3.71. The topological polar surface area (TPSA) is 69.1 Å². The van der Waals surface area contributed by atoms with Crippen LogP contribution in [0.3, 0.4) is 0 Å². The second-order valence-corrected chi connectivity index (χ2v) is 6.42. The number of H-pyrrole nitrogens is 1. The maximum absolute atomic E-state index is 11.6. The van der Waals surface area contributed by atoms with Crippen LogP contribution in [0.5, 0.6) is 11.5 Å². The molecule has 2 aromatic rings. The molecule has 0 aliphatic carbocycles. The Kier molecular flexibility index (Phi) is 4.66. The zero-order chi connectivity index (χ0) is 16.4. The molecule has 1 aliphatic heterocycles. The lowest BCUT2D eigenvalue weighted by molar-refractivity contribution is 0.254. The highest BCUT2D eigenvalue weighted by Crippen LogP contribution is 2.37. The summed E-state index contributed by atoms with van der Waals surface area (Å²) >= 11 is 1.52. The van der Waals surface area contributed by atoms with Crippen molar-refractivity contribution >= 4 is 11.8 Å². The van der Waals surface area contributed by atoms with Crippen LogP contribution in [-0.2, 0) is 18.7 Å². The molecule has 1 N–H and O–H groups in total. The van der Waals surface area contributed by atoms with E-state index in [1.807, 2.05) is 13.8 Å². The van der Waals surface area contributed by atoms with Crippen molar-refractivity contribution in [3.63, 3.8) is 0 Å². The molecule has 7 heteroatoms. The number of aromatic amines is 1. The Morgan fingerprint density at radius 3 is 3.04 bits per heavy atom. The van der Waals surface area contributed by atoms with Gasteiger partial charge in [-0.3, -0.25) is 4.57 Å². The van der Waals surface area contributed by atoms with Gasteiger partial charge in [0.1, 0.15) is 17.6 Å². The number of nitrogens with one attached hydrogen (secondary N) is 1. The lowest BCUT2D eigenvalue weighted by atomic mass is 10.1. The summed E-state index contributed by atoms with van der Waals surface area (Å²) in [5.41, 5.74) is 2.08. The fraction of sp³-hybridized carbons (Fsp3) is 0.500. The third kappa shape index (κ3) is 3.24. The summed E-state index contributed by atoms with van der Waals surface area (Å²) in [4.78, 5) is 11.6. The molecule has 0 spiro atoms. The summed E-state index contributed by atoms with van der Waals surface area (Å²) in [6.45, 7) is 7.19. The standard InChI is InChI=1S/C16H21N3O3S/c1-4-19-15(20)17-18-16(19)23-9-12-8-14-11(6-10(3)22-14)7-13(12)21-5-2/h7-8,10H,4-6,9H2,1-3H3,(H,17,20)/t10-/m0/s1. The molecule has 0 saturated heterocycles. The van der Waals surface area contributed by atoms with Crippen molar-refractivity contribution in [3.05, 3.63) is 33.7 Å². The normalized spacial score (nSPS) is 16.2. The number of nitrogens with zero attached hydrogens (tertiary/aromatic N) is 2. The molecular weight excluding hydrogens is 314 g/mol. The van der Waals surface area contributed by atoms with Gasteiger partial charge in [0.15, 0.2) is 5.16 Å². The maximum Gasteiger partial charge on any atom is 0.343 e. The average Bonchev–Trinajstić information content (AvgIpc) is 3.06. The van der Waals surface area contributed by atoms with E-state index in [9.17, 15) is 4.79 Å². The van der Waals surface area contributed by atoms with Crippen LogP contribution in [-0.4, -0.2) is 27.5 Å². The summed E-state index contributed by atoms with van der Waals surface area (Å²) in [6.07, 6.45) is 1.12. The van der Waals surface area contributed by atoms with Crippen LogP contribution >= 0.6 is 11.8 Å². The Hall–Kier alpha value is -1.89. The van der Waals surface area contributed by atoms with Gasteiger partial charge in [-0.25, -0.2) is 9.89 Å². The van der Waals surface area contributed by atoms with Crippen LogP contribution in [0.2, 0.25) is 0 Å². The largest absolute Gasteiger partial charge is 0.494 e. The van der Waals surface area contributed by atoms with Crippen molar-refractivity contribution in [2.24, 2.45) is 0 Å². The third-order valence-corrected chi connectivity index (χ3v) is 4.80. The molecule has 0 fully saturated rings. The fourth-order valence-electron chi connectivity index (χ4n) is 2.72. The molecule has 0 bridgehead atoms. The summed E-state index contributed by atoms with van der Waals surface area (Å²) in [6, 6.07) is 4.13. The van der Waals surface area contributed by atoms with Crippen LogP contribution in [0.4, 0.5) is 0 Å². The van der Waals surface area contributed by atoms with Gasteiger partial charge < -0.3 is 9.47 Å². The number of aromatic nitrogens is 3. The molecule has 1 aromatic carbocycles. The second kappa shape index (κ2) is 6.70. The summed E-state index contributed by atoms with van der Waals surface area (Å²) in [5, 5.41) is 7.26. The van der Waals surface area contributed by atoms with E-state index in [4.69, 9.17) is 9.47 Å². The number of thioether (sulfide) groups is 1. The van der Waals surface area contributed by atoms with Crippen molar-refractivity contribution in [2.45, 2.75) is 50.8 Å². The van der Waals surface area contributed by atoms with Gasteiger partial charge in [-0.15, -0.1) is 5.10 Å². The quantitative estimate of drug-likeness (QED) is 0.822. The van der Waals surface area contributed by atoms with E-state index in [0.29, 0.717) is 24.1 Å². The highest BCUT2D eigenvalue weighted by Gasteiger charge is 2.22. The van der Waals surface area contributed by atoms with Crippen LogP contribution in [0.25, 0.3) is 0 Å². The van der Waals surface area contributed by atoms with Crippen LogP contribution in [0, 0.1) is 0 Å². The van der Waals surface area contributed by atoms with E-state index in [0.717, 1.165) is 23.5 Å². The van der Waals surface area contributed by atoms with Gasteiger partial charge in [0.05, 0.1) is 6.61 Å². The van der Waals surface area contributed by atoms with E-state index in [-0.39, 0.29) is 11.8 Å². The SMILES string of the molecule is CCOc1cc2c(cc1CSc1n[nH]c(=O)n1CC)O[C@@H](C)C2. The van der Waals surface area contributed by atoms with Gasteiger partial charge in [-0.05, 0) is 32.9 Å². The van der Waals surface area contributed by atoms with Gasteiger partial charge in [-0.2, -0.15) is 0 Å². The summed E-state index contributed by atoms with van der Waals surface area (Å²) in [5.74, 6) is 2.49. The Labute approximate surface area is 139 Å². The lowest BCUT2D eigenvalue weighted by Crippen LogP contribution is -2.16. The van der Waals surface area contributed by atoms with E-state index in [2.05, 4.69) is 29.3 Å². The van der Waals surface area contributed by atoms with Crippen molar-refractivity contribution in [3.8, 4) is 11.5 Å². The lowest BCUT2D eigenvalue weighted by Gasteiger charge is -2.12. The minimum atomic E-state index is -0.175. The molecule has 0 amide bonds. The highest BCUT2D eigenvalue weighted by molar-refractivity contribution is 7.98. The average molecular weight is 335 g/mol. The molecule has 2 heterocycles. The zero-order valence-corrected chi connectivity index (χ0v) is 14.4. The van der Waals surface area contributed by atoms with Gasteiger partial charge in [0.25, 0.3) is 0 Å². The summed E-state index contributed by atoms with van der Waals surface area (Å²) < 4.78 is 13.2. The van der Waals surface area contributed by atoms with E-state index in [1.54, 1.807) is 4.57 Å². The minimum absolute atomic E-state index is 0.175. The Morgan fingerprint density at radius 2 is 2.30 bits per heavy atom. The number of ether oxygens (including phenoxy) is 2. The Bertz CT molecular complexity index is 754. The first-order valence-corrected chi connectivity index (χ1v) is 8.84. The maximum atomic E-state index is 11.6. The third-order valence-electron chi connectivity index (χ3n) is 3.78. The van der Waals surface area contributed by atoms with Gasteiger partial charge in [0, 0.05) is 29.8 Å². The first-order chi connectivity index (χ1) is 11.1. The molecule has 1 atom stereocenters. The zero-order valence-electron chi connectivity index (χ0n) is 13.6. The molecule has 1 aliphatic rings. The minimum Gasteiger partial charge on any atom is -0.494 e. The predicted octanol–water partition coefficient (Wildman–Crippen LogP) is 2.61. The van der Waals surface area contributed by atoms with Crippen LogP contribution in [0.1, 0.15) is 31.9 Å². The second-order valence-electron chi connectivity index (χ2n) is 5.48. The first kappa shape index (κ1) is 16.0. The van der Waals surface area contributed by atoms with Crippen LogP contribution < -0.4 is 15.2 Å². The van der Waals surface area contributed by atoms with E-state index >= 15 is 0 Å². The van der Waals surface area contributed by atoms with Crippen molar-refractivity contribution in [1.82, 2.24) is 14.8 Å². The number of benzene rings is 1. The number of hydrogen-bond acceptors (Lipinski definition) is 5. The molecule has 124 valence electrons. The number of rotatable bonds is 6. The Morgan fingerprint density at radius 1 is 1.48 bits per heavy atom. The smallest absolute Gasteiger partial charge is 0.343 e. The molecule has 0 radical (unpaired) electrons. The molecule has 0 saturated carbocycles. The molecule has 3 rings (SSSR count). The van der Waals surface area contributed by atoms with Gasteiger partial charge >= 0.3 is 5.69 Å². The molecule has 1 aromatic heterocycles. The summed E-state index contributed by atoms with van der Waals surface area (Å²) in [7, 11) is 0. The number of hydrogen-bond donors (Lipinski definition) is 1. The van der Waals surface area contributed by atoms with Gasteiger partial charge in [0.2, 0.25) is 0 Å².